The number of aliphatic carboxylic acids is 1. The third kappa shape index (κ3) is 4.18. The molecule has 1 aromatic carbocycles. The molecule has 1 aliphatic rings. The van der Waals surface area contributed by atoms with Crippen LogP contribution in [0.25, 0.3) is 6.08 Å². The van der Waals surface area contributed by atoms with E-state index in [4.69, 9.17) is 14.6 Å². The third-order valence-electron chi connectivity index (χ3n) is 2.68. The van der Waals surface area contributed by atoms with E-state index in [0.29, 0.717) is 24.5 Å². The molecule has 106 valence electrons. The Bertz CT molecular complexity index is 520. The minimum absolute atomic E-state index is 0.241. The van der Waals surface area contributed by atoms with Gasteiger partial charge in [0.2, 0.25) is 0 Å². The molecule has 0 spiro atoms. The van der Waals surface area contributed by atoms with Crippen LogP contribution in [0.4, 0.5) is 5.69 Å². The van der Waals surface area contributed by atoms with Crippen LogP contribution < -0.4 is 5.32 Å². The number of carbonyl (C=O) groups is 2. The van der Waals surface area contributed by atoms with E-state index in [1.54, 1.807) is 24.3 Å². The van der Waals surface area contributed by atoms with E-state index in [-0.39, 0.29) is 12.5 Å². The quantitative estimate of drug-likeness (QED) is 0.806. The molecule has 20 heavy (non-hydrogen) atoms. The van der Waals surface area contributed by atoms with Crippen molar-refractivity contribution in [3.05, 3.63) is 35.9 Å². The van der Waals surface area contributed by atoms with Crippen molar-refractivity contribution in [3.63, 3.8) is 0 Å². The van der Waals surface area contributed by atoms with Gasteiger partial charge in [-0.3, -0.25) is 4.79 Å². The van der Waals surface area contributed by atoms with Crippen molar-refractivity contribution in [2.45, 2.75) is 6.10 Å². The Morgan fingerprint density at radius 3 is 2.90 bits per heavy atom. The lowest BCUT2D eigenvalue weighted by atomic mass is 10.2. The van der Waals surface area contributed by atoms with Crippen molar-refractivity contribution < 1.29 is 24.2 Å². The van der Waals surface area contributed by atoms with E-state index >= 15 is 0 Å². The molecule has 6 heteroatoms. The van der Waals surface area contributed by atoms with Gasteiger partial charge >= 0.3 is 5.97 Å². The van der Waals surface area contributed by atoms with E-state index in [9.17, 15) is 9.59 Å². The molecule has 1 amide bonds. The molecule has 0 radical (unpaired) electrons. The monoisotopic (exact) mass is 277 g/mol. The summed E-state index contributed by atoms with van der Waals surface area (Å²) in [6, 6.07) is 6.88. The molecule has 1 aliphatic heterocycles. The summed E-state index contributed by atoms with van der Waals surface area (Å²) in [5.41, 5.74) is 1.27. The fourth-order valence-electron chi connectivity index (χ4n) is 1.75. The minimum atomic E-state index is -1.02. The molecule has 0 aliphatic carbocycles. The molecule has 2 rings (SSSR count). The highest BCUT2D eigenvalue weighted by molar-refractivity contribution is 5.94. The fraction of sp³-hybridized carbons (Fsp3) is 0.286. The highest BCUT2D eigenvalue weighted by Gasteiger charge is 2.22. The van der Waals surface area contributed by atoms with E-state index < -0.39 is 12.1 Å². The number of carbonyl (C=O) groups excluding carboxylic acids is 1. The molecule has 1 fully saturated rings. The fourth-order valence-corrected chi connectivity index (χ4v) is 1.75. The molecule has 2 N–H and O–H groups in total. The molecule has 1 heterocycles. The first kappa shape index (κ1) is 14.2. The van der Waals surface area contributed by atoms with Gasteiger partial charge in [0, 0.05) is 11.8 Å². The summed E-state index contributed by atoms with van der Waals surface area (Å²) in [7, 11) is 0. The maximum atomic E-state index is 11.9. The summed E-state index contributed by atoms with van der Waals surface area (Å²) >= 11 is 0. The summed E-state index contributed by atoms with van der Waals surface area (Å²) in [5, 5.41) is 11.3. The number of carboxylic acids is 1. The van der Waals surface area contributed by atoms with Crippen molar-refractivity contribution >= 4 is 23.6 Å². The van der Waals surface area contributed by atoms with E-state index in [1.807, 2.05) is 0 Å². The van der Waals surface area contributed by atoms with E-state index in [2.05, 4.69) is 5.32 Å². The Hall–Kier alpha value is -2.18. The lowest BCUT2D eigenvalue weighted by Gasteiger charge is -2.22. The number of anilines is 1. The van der Waals surface area contributed by atoms with Crippen LogP contribution in [-0.2, 0) is 19.1 Å². The zero-order chi connectivity index (χ0) is 14.4. The van der Waals surface area contributed by atoms with Gasteiger partial charge in [0.15, 0.2) is 6.10 Å². The standard InChI is InChI=1S/C14H15NO5/c16-13(17)5-4-10-2-1-3-11(8-10)15-14(18)12-9-19-6-7-20-12/h1-5,8,12H,6-7,9H2,(H,15,18)(H,16,17)/b5-4+. The van der Waals surface area contributed by atoms with Crippen LogP contribution in [0.3, 0.4) is 0 Å². The summed E-state index contributed by atoms with van der Waals surface area (Å²) in [5.74, 6) is -1.30. The maximum Gasteiger partial charge on any atom is 0.328 e. The summed E-state index contributed by atoms with van der Waals surface area (Å²) in [6.45, 7) is 1.14. The van der Waals surface area contributed by atoms with Crippen molar-refractivity contribution in [1.82, 2.24) is 0 Å². The largest absolute Gasteiger partial charge is 0.478 e. The van der Waals surface area contributed by atoms with Crippen LogP contribution >= 0.6 is 0 Å². The van der Waals surface area contributed by atoms with Gasteiger partial charge in [0.1, 0.15) is 0 Å². The summed E-state index contributed by atoms with van der Waals surface area (Å²) < 4.78 is 10.5. The normalized spacial score (nSPS) is 18.9. The molecule has 1 atom stereocenters. The van der Waals surface area contributed by atoms with Gasteiger partial charge in [-0.2, -0.15) is 0 Å². The van der Waals surface area contributed by atoms with E-state index in [1.165, 1.54) is 6.08 Å². The van der Waals surface area contributed by atoms with Gasteiger partial charge in [-0.25, -0.2) is 4.79 Å². The first-order valence-electron chi connectivity index (χ1n) is 6.16. The predicted octanol–water partition coefficient (Wildman–Crippen LogP) is 1.14. The topological polar surface area (TPSA) is 84.9 Å². The Kier molecular flexibility index (Phi) is 4.86. The number of ether oxygens (including phenoxy) is 2. The Balaban J connectivity index is 2.00. The van der Waals surface area contributed by atoms with Crippen LogP contribution in [0.1, 0.15) is 5.56 Å². The molecule has 6 nitrogen and oxygen atoms in total. The van der Waals surface area contributed by atoms with Gasteiger partial charge in [-0.15, -0.1) is 0 Å². The molecule has 1 aromatic rings. The van der Waals surface area contributed by atoms with Crippen molar-refractivity contribution in [3.8, 4) is 0 Å². The highest BCUT2D eigenvalue weighted by Crippen LogP contribution is 2.13. The molecule has 1 unspecified atom stereocenters. The van der Waals surface area contributed by atoms with Crippen molar-refractivity contribution in [2.75, 3.05) is 25.1 Å². The first-order chi connectivity index (χ1) is 9.65. The zero-order valence-corrected chi connectivity index (χ0v) is 10.7. The van der Waals surface area contributed by atoms with Gasteiger partial charge < -0.3 is 19.9 Å². The molecule has 0 bridgehead atoms. The Morgan fingerprint density at radius 2 is 2.20 bits per heavy atom. The predicted molar refractivity (Wildman–Crippen MR) is 72.3 cm³/mol. The van der Waals surface area contributed by atoms with Crippen LogP contribution in [0.15, 0.2) is 30.3 Å². The van der Waals surface area contributed by atoms with Crippen molar-refractivity contribution in [1.29, 1.82) is 0 Å². The number of hydrogen-bond donors (Lipinski definition) is 2. The number of rotatable bonds is 4. The lowest BCUT2D eigenvalue weighted by molar-refractivity contribution is -0.142. The maximum absolute atomic E-state index is 11.9. The summed E-state index contributed by atoms with van der Waals surface area (Å²) in [6.07, 6.45) is 1.89. The van der Waals surface area contributed by atoms with Crippen molar-refractivity contribution in [2.24, 2.45) is 0 Å². The minimum Gasteiger partial charge on any atom is -0.478 e. The average molecular weight is 277 g/mol. The van der Waals surface area contributed by atoms with Gasteiger partial charge in [0.25, 0.3) is 5.91 Å². The van der Waals surface area contributed by atoms with Crippen LogP contribution in [-0.4, -0.2) is 42.9 Å². The second-order valence-electron chi connectivity index (χ2n) is 4.22. The number of amides is 1. The average Bonchev–Trinajstić information content (AvgIpc) is 2.46. The zero-order valence-electron chi connectivity index (χ0n) is 10.7. The first-order valence-corrected chi connectivity index (χ1v) is 6.16. The smallest absolute Gasteiger partial charge is 0.328 e. The van der Waals surface area contributed by atoms with Crippen LogP contribution in [0, 0.1) is 0 Å². The second kappa shape index (κ2) is 6.83. The molecular formula is C14H15NO5. The summed E-state index contributed by atoms with van der Waals surface area (Å²) in [4.78, 5) is 22.4. The van der Waals surface area contributed by atoms with Crippen LogP contribution in [0.5, 0.6) is 0 Å². The van der Waals surface area contributed by atoms with Gasteiger partial charge in [-0.1, -0.05) is 12.1 Å². The third-order valence-corrected chi connectivity index (χ3v) is 2.68. The number of benzene rings is 1. The Morgan fingerprint density at radius 1 is 1.35 bits per heavy atom. The number of hydrogen-bond acceptors (Lipinski definition) is 4. The van der Waals surface area contributed by atoms with Gasteiger partial charge in [0.05, 0.1) is 19.8 Å². The second-order valence-corrected chi connectivity index (χ2v) is 4.22. The molecule has 0 aromatic heterocycles. The van der Waals surface area contributed by atoms with Crippen LogP contribution in [0.2, 0.25) is 0 Å². The SMILES string of the molecule is O=C(O)/C=C/c1cccc(NC(=O)C2COCCO2)c1. The number of nitrogens with one attached hydrogen (secondary N) is 1. The molecule has 0 saturated carbocycles. The molecule has 1 saturated heterocycles. The molecular weight excluding hydrogens is 262 g/mol. The Labute approximate surface area is 116 Å². The lowest BCUT2D eigenvalue weighted by Crippen LogP contribution is -2.39. The number of carboxylic acid groups (broad SMARTS) is 1. The van der Waals surface area contributed by atoms with E-state index in [0.717, 1.165) is 6.08 Å². The highest BCUT2D eigenvalue weighted by atomic mass is 16.6. The van der Waals surface area contributed by atoms with Gasteiger partial charge in [-0.05, 0) is 23.8 Å².